The minimum Gasteiger partial charge on any atom is -0.478 e. The predicted molar refractivity (Wildman–Crippen MR) is 62.2 cm³/mol. The van der Waals surface area contributed by atoms with E-state index < -0.39 is 37.3 Å². The Balaban J connectivity index is 3.64. The van der Waals surface area contributed by atoms with Gasteiger partial charge in [0.15, 0.2) is 0 Å². The number of hydrogen-bond acceptors (Lipinski definition) is 4. The molecule has 8 heteroatoms. The third-order valence-electron chi connectivity index (χ3n) is 1.66. The lowest BCUT2D eigenvalue weighted by atomic mass is 10.1. The third-order valence-corrected chi connectivity index (χ3v) is 5.07. The van der Waals surface area contributed by atoms with E-state index in [4.69, 9.17) is 10.2 Å². The van der Waals surface area contributed by atoms with E-state index in [9.17, 15) is 15.7 Å². The van der Waals surface area contributed by atoms with Crippen molar-refractivity contribution >= 4 is 47.7 Å². The maximum atomic E-state index is 10.9. The lowest BCUT2D eigenvalue weighted by molar-refractivity contribution is 0.0695. The molecule has 0 fully saturated rings. The number of benzene rings is 1. The van der Waals surface area contributed by atoms with Gasteiger partial charge in [-0.3, -0.25) is 0 Å². The molecule has 1 rings (SSSR count). The van der Waals surface area contributed by atoms with Crippen molar-refractivity contribution in [3.05, 3.63) is 31.3 Å². The van der Waals surface area contributed by atoms with Crippen molar-refractivity contribution in [2.24, 2.45) is 0 Å². The van der Waals surface area contributed by atoms with Crippen LogP contribution < -0.4 is 0 Å². The fourth-order valence-electron chi connectivity index (χ4n) is 1.02. The van der Waals surface area contributed by atoms with E-state index in [1.54, 1.807) is 0 Å². The standard InChI is InChI=1S/C8H4BrIO6/c9-5-2-3(7(11)12)1-4(8(13)14)6(5)10(15)16/h1-2H,(H,11,12)(H,13,14). The highest BCUT2D eigenvalue weighted by atomic mass is 127. The zero-order chi connectivity index (χ0) is 12.5. The van der Waals surface area contributed by atoms with Crippen LogP contribution in [0.5, 0.6) is 0 Å². The van der Waals surface area contributed by atoms with Gasteiger partial charge in [-0.15, -0.1) is 0 Å². The molecule has 0 atom stereocenters. The van der Waals surface area contributed by atoms with E-state index >= 15 is 0 Å². The minimum atomic E-state index is -4.01. The van der Waals surface area contributed by atoms with Gasteiger partial charge in [-0.2, -0.15) is 0 Å². The fraction of sp³-hybridized carbons (Fsp3) is 0. The number of carbonyl (C=O) groups is 2. The van der Waals surface area contributed by atoms with Crippen LogP contribution in [0.4, 0.5) is 0 Å². The lowest BCUT2D eigenvalue weighted by Crippen LogP contribution is -2.05. The van der Waals surface area contributed by atoms with Gasteiger partial charge in [-0.25, -0.2) is 15.7 Å². The van der Waals surface area contributed by atoms with Crippen LogP contribution in [-0.2, 0) is 6.14 Å². The summed E-state index contributed by atoms with van der Waals surface area (Å²) in [5.41, 5.74) is -0.812. The second kappa shape index (κ2) is 4.87. The second-order valence-electron chi connectivity index (χ2n) is 2.65. The molecular weight excluding hydrogens is 399 g/mol. The molecule has 0 aliphatic carbocycles. The molecule has 0 spiro atoms. The van der Waals surface area contributed by atoms with Crippen molar-refractivity contribution < 1.29 is 25.9 Å². The number of carboxylic acids is 2. The van der Waals surface area contributed by atoms with Crippen LogP contribution in [0.3, 0.4) is 0 Å². The van der Waals surface area contributed by atoms with Crippen LogP contribution >= 0.6 is 35.7 Å². The van der Waals surface area contributed by atoms with E-state index in [-0.39, 0.29) is 13.6 Å². The molecule has 0 amide bonds. The first kappa shape index (κ1) is 13.0. The van der Waals surface area contributed by atoms with Gasteiger partial charge < -0.3 is 10.2 Å². The van der Waals surface area contributed by atoms with Gasteiger partial charge in [0.1, 0.15) is 3.57 Å². The van der Waals surface area contributed by atoms with Crippen molar-refractivity contribution in [3.8, 4) is 0 Å². The highest BCUT2D eigenvalue weighted by molar-refractivity contribution is 14.2. The SMILES string of the molecule is O=C(O)c1cc(Br)c(I(=O)=O)c(C(=O)O)c1. The van der Waals surface area contributed by atoms with Gasteiger partial charge in [0, 0.05) is 4.47 Å². The van der Waals surface area contributed by atoms with Gasteiger partial charge in [0.2, 0.25) is 0 Å². The van der Waals surface area contributed by atoms with Crippen molar-refractivity contribution in [3.63, 3.8) is 0 Å². The van der Waals surface area contributed by atoms with Crippen LogP contribution in [0.2, 0.25) is 0 Å². The van der Waals surface area contributed by atoms with Crippen LogP contribution in [0.15, 0.2) is 16.6 Å². The first-order valence-electron chi connectivity index (χ1n) is 3.70. The molecule has 16 heavy (non-hydrogen) atoms. The van der Waals surface area contributed by atoms with E-state index in [0.717, 1.165) is 12.1 Å². The van der Waals surface area contributed by atoms with Gasteiger partial charge in [0.25, 0.3) is 0 Å². The van der Waals surface area contributed by atoms with E-state index in [0.29, 0.717) is 0 Å². The summed E-state index contributed by atoms with van der Waals surface area (Å²) in [6.07, 6.45) is 0. The normalized spacial score (nSPS) is 10.4. The summed E-state index contributed by atoms with van der Waals surface area (Å²) < 4.78 is 21.4. The van der Waals surface area contributed by atoms with Crippen molar-refractivity contribution in [1.82, 2.24) is 0 Å². The molecule has 0 aliphatic rings. The smallest absolute Gasteiger partial charge is 0.342 e. The average molecular weight is 403 g/mol. The molecule has 0 aliphatic heterocycles. The Morgan fingerprint density at radius 3 is 2.06 bits per heavy atom. The van der Waals surface area contributed by atoms with Crippen molar-refractivity contribution in [2.75, 3.05) is 0 Å². The quantitative estimate of drug-likeness (QED) is 0.750. The Labute approximate surface area is 105 Å². The fourth-order valence-corrected chi connectivity index (χ4v) is 3.74. The number of aromatic carboxylic acids is 2. The Kier molecular flexibility index (Phi) is 3.97. The monoisotopic (exact) mass is 402 g/mol. The summed E-state index contributed by atoms with van der Waals surface area (Å²) in [6.45, 7) is 0. The first-order chi connectivity index (χ1) is 7.34. The molecule has 1 aromatic carbocycles. The molecule has 0 unspecified atom stereocenters. The van der Waals surface area contributed by atoms with E-state index in [1.807, 2.05) is 0 Å². The highest BCUT2D eigenvalue weighted by Crippen LogP contribution is 2.31. The molecule has 0 bridgehead atoms. The summed E-state index contributed by atoms with van der Waals surface area (Å²) in [6, 6.07) is 1.88. The molecule has 0 radical (unpaired) electrons. The maximum absolute atomic E-state index is 10.9. The molecule has 0 heterocycles. The lowest BCUT2D eigenvalue weighted by Gasteiger charge is -2.03. The summed E-state index contributed by atoms with van der Waals surface area (Å²) >= 11 is -1.16. The first-order valence-corrected chi connectivity index (χ1v) is 7.33. The van der Waals surface area contributed by atoms with E-state index in [1.165, 1.54) is 0 Å². The number of halogens is 2. The largest absolute Gasteiger partial charge is 0.478 e. The molecular formula is C8H4BrIO6. The second-order valence-corrected chi connectivity index (χ2v) is 5.82. The molecule has 6 nitrogen and oxygen atoms in total. The van der Waals surface area contributed by atoms with Crippen LogP contribution in [0, 0.1) is 3.57 Å². The number of carboxylic acid groups (broad SMARTS) is 2. The van der Waals surface area contributed by atoms with Gasteiger partial charge in [0.05, 0.1) is 11.1 Å². The van der Waals surface area contributed by atoms with Crippen molar-refractivity contribution in [1.29, 1.82) is 0 Å². The Morgan fingerprint density at radius 1 is 1.12 bits per heavy atom. The van der Waals surface area contributed by atoms with Gasteiger partial charge >= 0.3 is 31.7 Å². The minimum absolute atomic E-state index is 0.0417. The summed E-state index contributed by atoms with van der Waals surface area (Å²) in [5, 5.41) is 17.5. The van der Waals surface area contributed by atoms with Gasteiger partial charge in [-0.05, 0) is 28.1 Å². The summed E-state index contributed by atoms with van der Waals surface area (Å²) in [7, 11) is 0. The van der Waals surface area contributed by atoms with Gasteiger partial charge in [-0.1, -0.05) is 0 Å². The van der Waals surface area contributed by atoms with E-state index in [2.05, 4.69) is 15.9 Å². The van der Waals surface area contributed by atoms with Crippen LogP contribution in [0.25, 0.3) is 0 Å². The predicted octanol–water partition coefficient (Wildman–Crippen LogP) is 2.21. The highest BCUT2D eigenvalue weighted by Gasteiger charge is 2.20. The molecule has 1 aromatic rings. The molecule has 0 saturated carbocycles. The Bertz CT molecular complexity index is 540. The average Bonchev–Trinajstić information content (AvgIpc) is 2.15. The van der Waals surface area contributed by atoms with Crippen molar-refractivity contribution in [2.45, 2.75) is 0 Å². The Morgan fingerprint density at radius 2 is 1.69 bits per heavy atom. The third kappa shape index (κ3) is 2.55. The molecule has 0 aromatic heterocycles. The Hall–Kier alpha value is -1.03. The zero-order valence-corrected chi connectivity index (χ0v) is 11.2. The molecule has 86 valence electrons. The molecule has 2 N–H and O–H groups in total. The summed E-state index contributed by atoms with van der Waals surface area (Å²) in [4.78, 5) is 21.4. The maximum Gasteiger partial charge on any atom is 0.342 e. The van der Waals surface area contributed by atoms with Crippen LogP contribution in [0.1, 0.15) is 20.7 Å². The number of rotatable bonds is 3. The molecule has 0 saturated heterocycles. The van der Waals surface area contributed by atoms with Crippen LogP contribution in [-0.4, -0.2) is 22.2 Å². The summed E-state index contributed by atoms with van der Waals surface area (Å²) in [5.74, 6) is -2.81. The number of hydrogen-bond donors (Lipinski definition) is 2. The zero-order valence-electron chi connectivity index (χ0n) is 7.44. The topological polar surface area (TPSA) is 109 Å².